The van der Waals surface area contributed by atoms with E-state index >= 15 is 0 Å². The Morgan fingerprint density at radius 2 is 0.819 bits per heavy atom. The van der Waals surface area contributed by atoms with Crippen molar-refractivity contribution in [2.24, 2.45) is 0 Å². The smallest absolute Gasteiger partial charge is 0.217 e. The maximum atomic E-state index is 12.6. The van der Waals surface area contributed by atoms with Gasteiger partial charge in [-0.3, -0.25) is 9.59 Å². The molecule has 0 radical (unpaired) electrons. The lowest BCUT2D eigenvalue weighted by Crippen LogP contribution is -2.70. The Labute approximate surface area is 408 Å². The van der Waals surface area contributed by atoms with Crippen molar-refractivity contribution >= 4 is 11.8 Å². The molecule has 6 aliphatic rings. The van der Waals surface area contributed by atoms with Gasteiger partial charge in [0.25, 0.3) is 0 Å². The Bertz CT molecular complexity index is 1710. The summed E-state index contributed by atoms with van der Waals surface area (Å²) in [6.07, 6.45) is -50.6. The number of hydrogen-bond acceptors (Lipinski definition) is 30. The van der Waals surface area contributed by atoms with E-state index in [-0.39, 0.29) is 6.61 Å². The first-order chi connectivity index (χ1) is 34.1. The highest BCUT2D eigenvalue weighted by molar-refractivity contribution is 5.73. The first-order valence-electron chi connectivity index (χ1n) is 23.0. The quantitative estimate of drug-likeness (QED) is 0.0606. The number of ether oxygens (including phenoxy) is 11. The number of amides is 2. The summed E-state index contributed by atoms with van der Waals surface area (Å²) in [7, 11) is 0. The monoisotopic (exact) mass is 1060 g/mol. The number of nitrogens with one attached hydrogen (secondary N) is 2. The summed E-state index contributed by atoms with van der Waals surface area (Å²) < 4.78 is 63.3. The number of carbonyl (C=O) groups is 2. The van der Waals surface area contributed by atoms with Crippen LogP contribution in [-0.4, -0.2) is 323 Å². The normalized spacial score (nSPS) is 49.2. The van der Waals surface area contributed by atoms with E-state index in [9.17, 15) is 96.4 Å². The zero-order chi connectivity index (χ0) is 53.0. The summed E-state index contributed by atoms with van der Waals surface area (Å²) in [5, 5.41) is 187. The number of rotatable bonds is 18. The van der Waals surface area contributed by atoms with E-state index in [1.807, 2.05) is 0 Å². The molecule has 6 heterocycles. The van der Waals surface area contributed by atoms with Crippen molar-refractivity contribution < 1.29 is 149 Å². The lowest BCUT2D eigenvalue weighted by atomic mass is 9.94. The third kappa shape index (κ3) is 12.8. The van der Waals surface area contributed by atoms with Gasteiger partial charge in [0, 0.05) is 13.8 Å². The van der Waals surface area contributed by atoms with Crippen molar-refractivity contribution in [2.75, 3.05) is 46.2 Å². The number of aliphatic hydroxyl groups is 17. The molecular formula is C40H68N2O30. The molecule has 32 nitrogen and oxygen atoms in total. The first-order valence-corrected chi connectivity index (χ1v) is 23.0. The van der Waals surface area contributed by atoms with Crippen LogP contribution in [0.3, 0.4) is 0 Å². The van der Waals surface area contributed by atoms with Crippen molar-refractivity contribution in [2.45, 2.75) is 192 Å². The largest absolute Gasteiger partial charge is 0.394 e. The third-order valence-corrected chi connectivity index (χ3v) is 13.1. The van der Waals surface area contributed by atoms with Crippen LogP contribution in [0.5, 0.6) is 0 Å². The molecule has 29 atom stereocenters. The second-order valence-corrected chi connectivity index (χ2v) is 18.2. The fraction of sp³-hybridized carbons (Fsp3) is 0.950. The van der Waals surface area contributed by atoms with Crippen LogP contribution in [0.25, 0.3) is 0 Å². The molecule has 32 heteroatoms. The van der Waals surface area contributed by atoms with E-state index in [2.05, 4.69) is 10.6 Å². The molecule has 0 spiro atoms. The Balaban J connectivity index is 1.28. The first kappa shape index (κ1) is 59.1. The molecule has 6 fully saturated rings. The fourth-order valence-corrected chi connectivity index (χ4v) is 9.14. The van der Waals surface area contributed by atoms with Crippen LogP contribution in [0.15, 0.2) is 0 Å². The van der Waals surface area contributed by atoms with Crippen molar-refractivity contribution in [3.05, 3.63) is 0 Å². The van der Waals surface area contributed by atoms with Crippen LogP contribution in [0.2, 0.25) is 0 Å². The van der Waals surface area contributed by atoms with Crippen LogP contribution in [-0.2, 0) is 61.7 Å². The van der Waals surface area contributed by atoms with Gasteiger partial charge in [-0.1, -0.05) is 0 Å². The highest BCUT2D eigenvalue weighted by Gasteiger charge is 2.57. The fourth-order valence-electron chi connectivity index (χ4n) is 9.14. The van der Waals surface area contributed by atoms with E-state index in [0.29, 0.717) is 0 Å². The van der Waals surface area contributed by atoms with E-state index in [4.69, 9.17) is 52.1 Å². The second kappa shape index (κ2) is 25.8. The molecule has 6 rings (SSSR count). The van der Waals surface area contributed by atoms with Gasteiger partial charge in [-0.2, -0.15) is 0 Å². The third-order valence-electron chi connectivity index (χ3n) is 13.1. The maximum Gasteiger partial charge on any atom is 0.217 e. The van der Waals surface area contributed by atoms with Gasteiger partial charge < -0.3 is 150 Å². The molecule has 0 unspecified atom stereocenters. The average Bonchev–Trinajstić information content (AvgIpc) is 3.35. The molecule has 2 amide bonds. The van der Waals surface area contributed by atoms with Crippen molar-refractivity contribution in [3.63, 3.8) is 0 Å². The summed E-state index contributed by atoms with van der Waals surface area (Å²) in [5.74, 6) is -1.35. The van der Waals surface area contributed by atoms with Gasteiger partial charge in [-0.05, 0) is 0 Å². The molecule has 6 saturated heterocycles. The summed E-state index contributed by atoms with van der Waals surface area (Å²) in [6.45, 7) is -3.52. The molecule has 0 bridgehead atoms. The molecule has 0 aromatic rings. The summed E-state index contributed by atoms with van der Waals surface area (Å²) in [4.78, 5) is 24.4. The average molecular weight is 1060 g/mol. The molecule has 72 heavy (non-hydrogen) atoms. The molecule has 0 aliphatic carbocycles. The van der Waals surface area contributed by atoms with Crippen molar-refractivity contribution in [3.8, 4) is 0 Å². The molecule has 0 aromatic carbocycles. The van der Waals surface area contributed by atoms with E-state index in [0.717, 1.165) is 6.92 Å². The number of carbonyl (C=O) groups excluding carboxylic acids is 2. The van der Waals surface area contributed by atoms with Gasteiger partial charge in [-0.25, -0.2) is 0 Å². The van der Waals surface area contributed by atoms with Crippen molar-refractivity contribution in [1.82, 2.24) is 10.6 Å². The summed E-state index contributed by atoms with van der Waals surface area (Å²) in [6, 6.07) is -2.75. The summed E-state index contributed by atoms with van der Waals surface area (Å²) in [5.41, 5.74) is 0. The van der Waals surface area contributed by atoms with Gasteiger partial charge in [-0.15, -0.1) is 0 Å². The minimum Gasteiger partial charge on any atom is -0.394 e. The minimum absolute atomic E-state index is 0.256. The van der Waals surface area contributed by atoms with Crippen LogP contribution in [0.4, 0.5) is 0 Å². The lowest BCUT2D eigenvalue weighted by molar-refractivity contribution is -0.388. The molecule has 6 aliphatic heterocycles. The molecule has 418 valence electrons. The molecule has 19 N–H and O–H groups in total. The predicted octanol–water partition coefficient (Wildman–Crippen LogP) is -13.1. The number of hydrogen-bond donors (Lipinski definition) is 19. The maximum absolute atomic E-state index is 12.6. The van der Waals surface area contributed by atoms with Crippen molar-refractivity contribution in [1.29, 1.82) is 0 Å². The highest BCUT2D eigenvalue weighted by Crippen LogP contribution is 2.36. The van der Waals surface area contributed by atoms with Gasteiger partial charge >= 0.3 is 0 Å². The van der Waals surface area contributed by atoms with E-state index in [1.54, 1.807) is 0 Å². The molecular weight excluding hydrogens is 988 g/mol. The topological polar surface area (TPSA) is 504 Å². The van der Waals surface area contributed by atoms with Gasteiger partial charge in [0.15, 0.2) is 31.5 Å². The molecule has 0 saturated carbocycles. The predicted molar refractivity (Wildman–Crippen MR) is 221 cm³/mol. The lowest BCUT2D eigenvalue weighted by Gasteiger charge is -2.50. The van der Waals surface area contributed by atoms with Crippen LogP contribution >= 0.6 is 0 Å². The van der Waals surface area contributed by atoms with Crippen LogP contribution in [0, 0.1) is 0 Å². The molecule has 0 aromatic heterocycles. The second-order valence-electron chi connectivity index (χ2n) is 18.2. The Morgan fingerprint density at radius 1 is 0.403 bits per heavy atom. The van der Waals surface area contributed by atoms with Gasteiger partial charge in [0.2, 0.25) is 11.8 Å². The Hall–Kier alpha value is -2.18. The summed E-state index contributed by atoms with van der Waals surface area (Å²) >= 11 is 0. The Kier molecular flexibility index (Phi) is 21.1. The Morgan fingerprint density at radius 3 is 1.33 bits per heavy atom. The van der Waals surface area contributed by atoms with Crippen LogP contribution < -0.4 is 10.6 Å². The van der Waals surface area contributed by atoms with E-state index in [1.165, 1.54) is 6.92 Å². The highest BCUT2D eigenvalue weighted by atomic mass is 16.8. The van der Waals surface area contributed by atoms with Crippen LogP contribution in [0.1, 0.15) is 13.8 Å². The SMILES string of the molecule is CC(=O)N[C@H]1[C@H](O[C@H]2[C@H](O)[C@@H](NC(C)=O)CO[C@@H]2CO)O[C@H](CO)[C@@H](O[C@@H]2O[C@H](CO[C@H]3O[C@H](CO)[C@@H](O)[C@H](O)[C@@H]3O[C@H]3O[C@H](CO)[C@@H](O)[C@H](O)[C@@H]3O)[C@@H](O)[C@H](O[C@H]3O[C@H](CO)[C@@H](O)[C@H](O)[C@@H]3O)[C@@H]2O)[C@@H]1O. The van der Waals surface area contributed by atoms with Gasteiger partial charge in [0.1, 0.15) is 140 Å². The minimum atomic E-state index is -2.25. The standard InChI is InChI=1S/C40H68N2O30/c1-10(48)41-12-8-62-16(6-46)32(20(12)50)69-36-19(42-11(2)49)25(55)33(17(7-47)67-36)70-39-31(61)34(71-37-29(59)26(56)21(51)13(3-43)64-37)24(54)18(68-39)9-63-40-35(28(58)23(53)15(5-45)66-40)72-38-30(60)27(57)22(52)14(4-44)65-38/h12-40,43-47,50-61H,3-9H2,1-2H3,(H,41,48)(H,42,49)/t12-,13+,14+,15+,16+,17+,18+,19+,20+,21+,22+,23+,24+,25+,26-,27-,28-,29-,30-,31-,32+,33+,34-,35-,36-,37+,38+,39-,40-/m0/s1. The zero-order valence-electron chi connectivity index (χ0n) is 38.6. The van der Waals surface area contributed by atoms with Gasteiger partial charge in [0.05, 0.1) is 52.3 Å². The zero-order valence-corrected chi connectivity index (χ0v) is 38.6. The number of aliphatic hydroxyl groups excluding tert-OH is 17. The van der Waals surface area contributed by atoms with E-state index < -0.39 is 229 Å².